The van der Waals surface area contributed by atoms with Crippen molar-refractivity contribution in [3.63, 3.8) is 0 Å². The van der Waals surface area contributed by atoms with Gasteiger partial charge in [0.1, 0.15) is 17.6 Å². The summed E-state index contributed by atoms with van der Waals surface area (Å²) in [5.74, 6) is -0.220. The molecule has 5 heterocycles. The number of aryl methyl sites for hydroxylation is 1. The molecule has 0 saturated carbocycles. The second-order valence-corrected chi connectivity index (χ2v) is 12.3. The number of hydrogen-bond donors (Lipinski definition) is 3. The van der Waals surface area contributed by atoms with Gasteiger partial charge in [0.25, 0.3) is 17.0 Å². The highest BCUT2D eigenvalue weighted by Gasteiger charge is 2.59. The molecule has 0 aliphatic carbocycles. The first-order valence-electron chi connectivity index (χ1n) is 11.9. The first-order chi connectivity index (χ1) is 17.1. The van der Waals surface area contributed by atoms with Gasteiger partial charge in [-0.05, 0) is 31.0 Å². The van der Waals surface area contributed by atoms with Gasteiger partial charge in [-0.15, -0.1) is 11.8 Å². The highest BCUT2D eigenvalue weighted by atomic mass is 35.5. The number of halogens is 1. The number of nitrogens with one attached hydrogen (secondary N) is 1. The van der Waals surface area contributed by atoms with Crippen molar-refractivity contribution in [1.82, 2.24) is 14.6 Å². The molecule has 36 heavy (non-hydrogen) atoms. The number of amides is 2. The van der Waals surface area contributed by atoms with Crippen LogP contribution in [0, 0.1) is 18.8 Å². The molecule has 2 amide bonds. The molecule has 2 aromatic heterocycles. The number of thioether (sulfide) groups is 1. The molecule has 2 aromatic rings. The lowest BCUT2D eigenvalue weighted by atomic mass is 9.79. The second-order valence-electron chi connectivity index (χ2n) is 9.69. The molecule has 2 saturated heterocycles. The normalized spacial score (nSPS) is 28.9. The van der Waals surface area contributed by atoms with Gasteiger partial charge in [-0.1, -0.05) is 24.3 Å². The van der Waals surface area contributed by atoms with Crippen molar-refractivity contribution in [2.45, 2.75) is 57.2 Å². The number of thiazole rings is 1. The number of carbonyl (C=O) groups excluding carboxylic acids is 3. The van der Waals surface area contributed by atoms with Crippen molar-refractivity contribution >= 4 is 62.7 Å². The standard InChI is InChI=1S/C24H28ClN5O4S2/c1-11-20-19(12(2)31)24(34)30(20)21(23(25)33)22(11)36-16-6-14(27-7-16)4-5-15-10-35-18-9-28(8-17(26)32)13(3)29(15)18/h4-5,9-12,14,16,19-20,27,31H,6-8H2,1-3H3,(H-,26,32)/p+1/b5-4-/t11-,12-,14-,16+,19-,20-/m1/s1. The Morgan fingerprint density at radius 1 is 1.47 bits per heavy atom. The fourth-order valence-electron chi connectivity index (χ4n) is 5.61. The molecule has 0 unspecified atom stereocenters. The summed E-state index contributed by atoms with van der Waals surface area (Å²) in [6.07, 6.45) is 6.25. The summed E-state index contributed by atoms with van der Waals surface area (Å²) < 4.78 is 3.96. The zero-order chi connectivity index (χ0) is 25.9. The summed E-state index contributed by atoms with van der Waals surface area (Å²) in [4.78, 5) is 39.6. The van der Waals surface area contributed by atoms with Gasteiger partial charge in [0.2, 0.25) is 10.7 Å². The summed E-state index contributed by atoms with van der Waals surface area (Å²) >= 11 is 9.14. The fraction of sp³-hybridized carbons (Fsp3) is 0.500. The van der Waals surface area contributed by atoms with Crippen molar-refractivity contribution in [3.8, 4) is 0 Å². The molecule has 0 spiro atoms. The van der Waals surface area contributed by atoms with Crippen LogP contribution in [0.15, 0.2) is 28.3 Å². The minimum absolute atomic E-state index is 0.0532. The van der Waals surface area contributed by atoms with Crippen molar-refractivity contribution in [1.29, 1.82) is 0 Å². The molecule has 4 N–H and O–H groups in total. The van der Waals surface area contributed by atoms with Gasteiger partial charge in [-0.2, -0.15) is 4.40 Å². The highest BCUT2D eigenvalue weighted by Crippen LogP contribution is 2.52. The summed E-state index contributed by atoms with van der Waals surface area (Å²) in [6.45, 7) is 6.49. The third-order valence-corrected chi connectivity index (χ3v) is 9.90. The molecule has 3 aliphatic rings. The Balaban J connectivity index is 1.28. The van der Waals surface area contributed by atoms with E-state index in [1.54, 1.807) is 30.0 Å². The summed E-state index contributed by atoms with van der Waals surface area (Å²) in [6, 6.07) is -0.0618. The van der Waals surface area contributed by atoms with Crippen LogP contribution in [0.2, 0.25) is 0 Å². The number of β-lactam (4-membered cyclic amide) rings is 1. The third-order valence-electron chi connectivity index (χ3n) is 7.32. The zero-order valence-corrected chi connectivity index (χ0v) is 22.6. The number of imidazole rings is 1. The van der Waals surface area contributed by atoms with Crippen molar-refractivity contribution < 1.29 is 24.1 Å². The minimum Gasteiger partial charge on any atom is -0.393 e. The quantitative estimate of drug-likeness (QED) is 0.259. The van der Waals surface area contributed by atoms with E-state index in [1.807, 2.05) is 24.6 Å². The molecule has 0 radical (unpaired) electrons. The average Bonchev–Trinajstić information content (AvgIpc) is 3.53. The van der Waals surface area contributed by atoms with Crippen LogP contribution in [0.5, 0.6) is 0 Å². The molecule has 2 fully saturated rings. The topological polar surface area (TPSA) is 121 Å². The van der Waals surface area contributed by atoms with E-state index in [4.69, 9.17) is 17.3 Å². The van der Waals surface area contributed by atoms with E-state index < -0.39 is 17.3 Å². The predicted octanol–water partition coefficient (Wildman–Crippen LogP) is 1.39. The van der Waals surface area contributed by atoms with Crippen molar-refractivity contribution in [2.75, 3.05) is 6.54 Å². The number of carbonyl (C=O) groups is 3. The van der Waals surface area contributed by atoms with Gasteiger partial charge in [0, 0.05) is 41.0 Å². The number of aliphatic hydroxyl groups is 1. The van der Waals surface area contributed by atoms with Crippen LogP contribution < -0.4 is 15.6 Å². The van der Waals surface area contributed by atoms with Crippen LogP contribution in [-0.2, 0) is 20.9 Å². The summed E-state index contributed by atoms with van der Waals surface area (Å²) in [5, 5.41) is 15.3. The number of primary amides is 1. The first-order valence-corrected chi connectivity index (χ1v) is 14.0. The fourth-order valence-corrected chi connectivity index (χ4v) is 8.31. The van der Waals surface area contributed by atoms with Crippen LogP contribution >= 0.6 is 34.7 Å². The number of hydrogen-bond acceptors (Lipinski definition) is 7. The molecule has 0 bridgehead atoms. The van der Waals surface area contributed by atoms with Crippen LogP contribution in [0.25, 0.3) is 10.9 Å². The summed E-state index contributed by atoms with van der Waals surface area (Å²) in [5.41, 5.74) is 6.68. The lowest BCUT2D eigenvalue weighted by Crippen LogP contribution is -2.63. The van der Waals surface area contributed by atoms with Gasteiger partial charge in [0.15, 0.2) is 6.54 Å². The average molecular weight is 551 g/mol. The van der Waals surface area contributed by atoms with Crippen LogP contribution in [0.1, 0.15) is 31.8 Å². The van der Waals surface area contributed by atoms with Crippen LogP contribution in [0.4, 0.5) is 0 Å². The molecular weight excluding hydrogens is 522 g/mol. The number of nitrogens with two attached hydrogens (primary N) is 1. The first kappa shape index (κ1) is 25.5. The van der Waals surface area contributed by atoms with E-state index in [1.165, 1.54) is 4.90 Å². The van der Waals surface area contributed by atoms with Crippen LogP contribution in [0.3, 0.4) is 0 Å². The molecule has 6 atom stereocenters. The van der Waals surface area contributed by atoms with E-state index in [-0.39, 0.29) is 47.3 Å². The van der Waals surface area contributed by atoms with E-state index in [0.29, 0.717) is 0 Å². The number of aromatic nitrogens is 2. The van der Waals surface area contributed by atoms with E-state index in [9.17, 15) is 19.5 Å². The Morgan fingerprint density at radius 2 is 2.22 bits per heavy atom. The van der Waals surface area contributed by atoms with Crippen LogP contribution in [-0.4, -0.2) is 61.4 Å². The molecule has 9 nitrogen and oxygen atoms in total. The van der Waals surface area contributed by atoms with Gasteiger partial charge >= 0.3 is 0 Å². The van der Waals surface area contributed by atoms with Crippen molar-refractivity contribution in [2.24, 2.45) is 17.6 Å². The van der Waals surface area contributed by atoms with E-state index in [0.717, 1.165) is 34.2 Å². The molecule has 192 valence electrons. The lowest BCUT2D eigenvalue weighted by Gasteiger charge is -2.46. The number of nitrogens with zero attached hydrogens (tertiary/aromatic N) is 3. The van der Waals surface area contributed by atoms with Gasteiger partial charge < -0.3 is 21.1 Å². The molecule has 0 aromatic carbocycles. The summed E-state index contributed by atoms with van der Waals surface area (Å²) in [7, 11) is 0. The predicted molar refractivity (Wildman–Crippen MR) is 139 cm³/mol. The third kappa shape index (κ3) is 4.20. The maximum atomic E-state index is 12.6. The monoisotopic (exact) mass is 550 g/mol. The number of aliphatic hydroxyl groups excluding tert-OH is 1. The number of allylic oxidation sites excluding steroid dienone is 1. The maximum Gasteiger partial charge on any atom is 0.269 e. The minimum atomic E-state index is -0.766. The smallest absolute Gasteiger partial charge is 0.269 e. The van der Waals surface area contributed by atoms with E-state index >= 15 is 0 Å². The molecule has 3 aliphatic heterocycles. The Morgan fingerprint density at radius 3 is 2.89 bits per heavy atom. The number of rotatable bonds is 8. The Hall–Kier alpha value is -2.18. The Kier molecular flexibility index (Phi) is 6.80. The number of fused-ring (bicyclic) bond motifs is 2. The zero-order valence-electron chi connectivity index (χ0n) is 20.2. The van der Waals surface area contributed by atoms with Gasteiger partial charge in [-0.3, -0.25) is 14.4 Å². The van der Waals surface area contributed by atoms with Gasteiger partial charge in [0.05, 0.1) is 18.1 Å². The maximum absolute atomic E-state index is 12.6. The second kappa shape index (κ2) is 9.60. The Labute approximate surface area is 222 Å². The lowest BCUT2D eigenvalue weighted by molar-refractivity contribution is -0.688. The molecular formula is C24H29ClN5O4S2+. The Bertz CT molecular complexity index is 1320. The highest BCUT2D eigenvalue weighted by molar-refractivity contribution is 8.03. The van der Waals surface area contributed by atoms with Gasteiger partial charge in [-0.25, -0.2) is 4.57 Å². The molecule has 5 rings (SSSR count). The molecule has 12 heteroatoms. The van der Waals surface area contributed by atoms with Crippen molar-refractivity contribution in [3.05, 3.63) is 39.8 Å². The SMILES string of the molecule is Cc1n2c(/C=C\[C@@H]3C[C@H](SC4=C(C(=O)Cl)N5C(=O)[C@H]([C@@H](C)O)[C@H]5[C@H]4C)CN3)csc2c[n+]1CC(N)=O. The largest absolute Gasteiger partial charge is 0.393 e. The van der Waals surface area contributed by atoms with E-state index in [2.05, 4.69) is 27.2 Å².